The van der Waals surface area contributed by atoms with E-state index >= 15 is 0 Å². The van der Waals surface area contributed by atoms with Crippen LogP contribution in [0, 0.1) is 0 Å². The summed E-state index contributed by atoms with van der Waals surface area (Å²) >= 11 is 12.3. The van der Waals surface area contributed by atoms with Crippen LogP contribution in [0.4, 0.5) is 0 Å². The molecular formula is C22H16ClN3O5S3. The van der Waals surface area contributed by atoms with E-state index in [0.717, 1.165) is 11.8 Å². The molecular weight excluding hydrogens is 518 g/mol. The van der Waals surface area contributed by atoms with Crippen molar-refractivity contribution in [1.29, 1.82) is 0 Å². The third-order valence-electron chi connectivity index (χ3n) is 5.43. The summed E-state index contributed by atoms with van der Waals surface area (Å²) in [6.45, 7) is 0. The summed E-state index contributed by atoms with van der Waals surface area (Å²) in [7, 11) is -3.21. The topological polar surface area (TPSA) is 98.0 Å². The number of carbonyl (C=O) groups excluding carboxylic acids is 1. The lowest BCUT2D eigenvalue weighted by Gasteiger charge is -2.20. The van der Waals surface area contributed by atoms with Crippen LogP contribution in [0.3, 0.4) is 0 Å². The average molecular weight is 534 g/mol. The number of thiocarbonyl (C=S) groups is 1. The minimum Gasteiger partial charge on any atom is -0.438 e. The molecule has 2 saturated heterocycles. The highest BCUT2D eigenvalue weighted by atomic mass is 35.5. The van der Waals surface area contributed by atoms with Gasteiger partial charge in [0, 0.05) is 11.2 Å². The Morgan fingerprint density at radius 2 is 1.94 bits per heavy atom. The number of pyridine rings is 1. The molecule has 2 aliphatic heterocycles. The first-order valence-corrected chi connectivity index (χ1v) is 13.6. The molecule has 12 heteroatoms. The predicted molar refractivity (Wildman–Crippen MR) is 135 cm³/mol. The number of aromatic nitrogens is 2. The zero-order chi connectivity index (χ0) is 24.0. The van der Waals surface area contributed by atoms with E-state index < -0.39 is 27.3 Å². The summed E-state index contributed by atoms with van der Waals surface area (Å²) in [5, 5.41) is 0.525. The Balaban J connectivity index is 1.58. The van der Waals surface area contributed by atoms with E-state index in [1.54, 1.807) is 48.7 Å². The van der Waals surface area contributed by atoms with E-state index in [9.17, 15) is 18.0 Å². The minimum absolute atomic E-state index is 0.0167. The molecule has 1 atom stereocenters. The summed E-state index contributed by atoms with van der Waals surface area (Å²) in [4.78, 5) is 32.5. The van der Waals surface area contributed by atoms with Crippen LogP contribution in [0.15, 0.2) is 58.4 Å². The molecule has 0 N–H and O–H groups in total. The SMILES string of the molecule is O=C1/C(=C/c2c(Oc3ccc(Cl)cc3)nc3ccccn3c2=O)SC(=S)N1[C@H]1CCS(=O)(=O)C1. The van der Waals surface area contributed by atoms with E-state index in [2.05, 4.69) is 4.98 Å². The third kappa shape index (κ3) is 4.36. The van der Waals surface area contributed by atoms with Crippen molar-refractivity contribution in [2.45, 2.75) is 12.5 Å². The standard InChI is InChI=1S/C22H16ClN3O5S3/c23-13-4-6-15(7-5-13)31-19-16(20(27)25-9-2-1-3-18(25)24-19)11-17-21(28)26(22(32)33-17)14-8-10-34(29,30)12-14/h1-7,9,11,14H,8,10,12H2/b17-11-/t14-/m0/s1. The maximum absolute atomic E-state index is 13.3. The van der Waals surface area contributed by atoms with Gasteiger partial charge in [0.2, 0.25) is 5.88 Å². The van der Waals surface area contributed by atoms with Crippen LogP contribution in [0.5, 0.6) is 11.6 Å². The summed E-state index contributed by atoms with van der Waals surface area (Å²) in [5.41, 5.74) is 0.0128. The molecule has 1 aromatic carbocycles. The molecule has 4 heterocycles. The van der Waals surface area contributed by atoms with Crippen LogP contribution in [0.2, 0.25) is 5.02 Å². The Morgan fingerprint density at radius 1 is 1.18 bits per heavy atom. The molecule has 0 spiro atoms. The fourth-order valence-electron chi connectivity index (χ4n) is 3.80. The van der Waals surface area contributed by atoms with Gasteiger partial charge >= 0.3 is 0 Å². The normalized spacial score (nSPS) is 21.0. The van der Waals surface area contributed by atoms with Crippen LogP contribution in [0.1, 0.15) is 12.0 Å². The van der Waals surface area contributed by atoms with Gasteiger partial charge in [0.1, 0.15) is 21.3 Å². The van der Waals surface area contributed by atoms with Crippen LogP contribution < -0.4 is 10.3 Å². The monoisotopic (exact) mass is 533 g/mol. The first-order valence-electron chi connectivity index (χ1n) is 10.1. The van der Waals surface area contributed by atoms with Gasteiger partial charge in [-0.3, -0.25) is 18.9 Å². The summed E-state index contributed by atoms with van der Waals surface area (Å²) < 4.78 is 31.3. The van der Waals surface area contributed by atoms with Gasteiger partial charge in [-0.15, -0.1) is 0 Å². The molecule has 0 bridgehead atoms. The molecule has 174 valence electrons. The van der Waals surface area contributed by atoms with Crippen LogP contribution >= 0.6 is 35.6 Å². The second-order valence-electron chi connectivity index (χ2n) is 7.73. The summed E-state index contributed by atoms with van der Waals surface area (Å²) in [5.74, 6) is -0.116. The van der Waals surface area contributed by atoms with Crippen LogP contribution in [-0.4, -0.2) is 50.5 Å². The lowest BCUT2D eigenvalue weighted by Crippen LogP contribution is -2.39. The lowest BCUT2D eigenvalue weighted by molar-refractivity contribution is -0.123. The molecule has 0 aliphatic carbocycles. The van der Waals surface area contributed by atoms with Crippen molar-refractivity contribution in [2.24, 2.45) is 0 Å². The van der Waals surface area contributed by atoms with E-state index in [1.807, 2.05) is 0 Å². The minimum atomic E-state index is -3.21. The predicted octanol–water partition coefficient (Wildman–Crippen LogP) is 3.53. The van der Waals surface area contributed by atoms with Gasteiger partial charge in [-0.05, 0) is 48.9 Å². The van der Waals surface area contributed by atoms with Gasteiger partial charge in [-0.1, -0.05) is 41.6 Å². The highest BCUT2D eigenvalue weighted by Crippen LogP contribution is 2.37. The van der Waals surface area contributed by atoms with Gasteiger partial charge in [0.15, 0.2) is 9.84 Å². The van der Waals surface area contributed by atoms with Gasteiger partial charge in [0.05, 0.1) is 22.5 Å². The number of hydrogen-bond acceptors (Lipinski definition) is 8. The van der Waals surface area contributed by atoms with E-state index in [4.69, 9.17) is 28.6 Å². The largest absolute Gasteiger partial charge is 0.438 e. The maximum Gasteiger partial charge on any atom is 0.269 e. The number of ether oxygens (including phenoxy) is 1. The van der Waals surface area contributed by atoms with Gasteiger partial charge in [0.25, 0.3) is 11.5 Å². The Hall–Kier alpha value is -2.73. The van der Waals surface area contributed by atoms with Crippen molar-refractivity contribution in [3.63, 3.8) is 0 Å². The third-order valence-corrected chi connectivity index (χ3v) is 8.77. The molecule has 0 radical (unpaired) electrons. The number of hydrogen-bond donors (Lipinski definition) is 0. The van der Waals surface area contributed by atoms with Crippen molar-refractivity contribution in [3.8, 4) is 11.6 Å². The first kappa shape index (κ1) is 23.0. The van der Waals surface area contributed by atoms with Crippen molar-refractivity contribution in [2.75, 3.05) is 11.5 Å². The molecule has 0 saturated carbocycles. The second kappa shape index (κ2) is 8.81. The lowest BCUT2D eigenvalue weighted by atomic mass is 10.2. The Kier molecular flexibility index (Phi) is 5.96. The first-order chi connectivity index (χ1) is 16.2. The van der Waals surface area contributed by atoms with Crippen molar-refractivity contribution >= 4 is 67.4 Å². The fraction of sp³-hybridized carbons (Fsp3) is 0.182. The zero-order valence-electron chi connectivity index (χ0n) is 17.4. The Labute approximate surface area is 209 Å². The highest BCUT2D eigenvalue weighted by molar-refractivity contribution is 8.26. The number of amides is 1. The molecule has 2 aromatic heterocycles. The molecule has 2 fully saturated rings. The number of fused-ring (bicyclic) bond motifs is 1. The summed E-state index contributed by atoms with van der Waals surface area (Å²) in [6.07, 6.45) is 3.30. The number of carbonyl (C=O) groups is 1. The second-order valence-corrected chi connectivity index (χ2v) is 12.1. The van der Waals surface area contributed by atoms with E-state index in [1.165, 1.54) is 15.4 Å². The highest BCUT2D eigenvalue weighted by Gasteiger charge is 2.42. The smallest absolute Gasteiger partial charge is 0.269 e. The fourth-order valence-corrected chi connectivity index (χ4v) is 7.01. The van der Waals surface area contributed by atoms with Crippen molar-refractivity contribution in [3.05, 3.63) is 74.5 Å². The molecule has 34 heavy (non-hydrogen) atoms. The molecule has 5 rings (SSSR count). The Bertz CT molecular complexity index is 1530. The number of nitrogens with zero attached hydrogens (tertiary/aromatic N) is 3. The molecule has 3 aromatic rings. The number of rotatable bonds is 4. The quantitative estimate of drug-likeness (QED) is 0.371. The average Bonchev–Trinajstić information content (AvgIpc) is 3.29. The summed E-state index contributed by atoms with van der Waals surface area (Å²) in [6, 6.07) is 11.2. The van der Waals surface area contributed by atoms with E-state index in [-0.39, 0.29) is 32.2 Å². The molecule has 1 amide bonds. The van der Waals surface area contributed by atoms with Crippen molar-refractivity contribution < 1.29 is 17.9 Å². The van der Waals surface area contributed by atoms with Crippen LogP contribution in [0.25, 0.3) is 11.7 Å². The molecule has 2 aliphatic rings. The van der Waals surface area contributed by atoms with Gasteiger partial charge in [-0.2, -0.15) is 4.98 Å². The van der Waals surface area contributed by atoms with E-state index in [0.29, 0.717) is 22.8 Å². The molecule has 0 unspecified atom stereocenters. The number of halogens is 1. The molecule has 8 nitrogen and oxygen atoms in total. The number of thioether (sulfide) groups is 1. The number of benzene rings is 1. The van der Waals surface area contributed by atoms with Gasteiger partial charge in [-0.25, -0.2) is 8.42 Å². The number of sulfone groups is 1. The van der Waals surface area contributed by atoms with Crippen molar-refractivity contribution in [1.82, 2.24) is 14.3 Å². The van der Waals surface area contributed by atoms with Gasteiger partial charge < -0.3 is 4.74 Å². The maximum atomic E-state index is 13.3. The van der Waals surface area contributed by atoms with Crippen LogP contribution in [-0.2, 0) is 14.6 Å². The zero-order valence-corrected chi connectivity index (χ0v) is 20.6. The Morgan fingerprint density at radius 3 is 2.65 bits per heavy atom.